The van der Waals surface area contributed by atoms with Crippen LogP contribution in [0.15, 0.2) is 30.5 Å². The van der Waals surface area contributed by atoms with Crippen LogP contribution in [-0.2, 0) is 4.79 Å². The first-order valence-electron chi connectivity index (χ1n) is 5.21. The lowest BCUT2D eigenvalue weighted by Crippen LogP contribution is -2.28. The molecule has 0 amide bonds. The zero-order chi connectivity index (χ0) is 12.8. The lowest BCUT2D eigenvalue weighted by Gasteiger charge is -2.23. The maximum atomic E-state index is 10.6. The minimum absolute atomic E-state index is 0.0671. The quantitative estimate of drug-likeness (QED) is 0.793. The average molecular weight is 255 g/mol. The first kappa shape index (κ1) is 13.5. The first-order chi connectivity index (χ1) is 7.99. The highest BCUT2D eigenvalue weighted by Gasteiger charge is 2.09. The predicted octanol–water partition coefficient (Wildman–Crippen LogP) is 2.59. The lowest BCUT2D eigenvalue weighted by molar-refractivity contribution is -0.136. The molecule has 1 rings (SSSR count). The second-order valence-electron chi connectivity index (χ2n) is 3.86. The van der Waals surface area contributed by atoms with Crippen LogP contribution in [0.2, 0.25) is 5.02 Å². The maximum absolute atomic E-state index is 10.6. The van der Waals surface area contributed by atoms with Gasteiger partial charge in [-0.05, 0) is 19.1 Å². The molecular weight excluding hydrogens is 240 g/mol. The third-order valence-electron chi connectivity index (χ3n) is 2.09. The Hall–Kier alpha value is -1.55. The summed E-state index contributed by atoms with van der Waals surface area (Å²) in [6.45, 7) is 6.70. The predicted molar refractivity (Wildman–Crippen MR) is 68.5 cm³/mol. The zero-order valence-corrected chi connectivity index (χ0v) is 10.4. The van der Waals surface area contributed by atoms with Crippen LogP contribution in [-0.4, -0.2) is 29.1 Å². The largest absolute Gasteiger partial charge is 0.481 e. The van der Waals surface area contributed by atoms with Crippen molar-refractivity contribution >= 4 is 23.4 Å². The van der Waals surface area contributed by atoms with Crippen molar-refractivity contribution in [3.8, 4) is 0 Å². The molecule has 92 valence electrons. The highest BCUT2D eigenvalue weighted by molar-refractivity contribution is 6.30. The molecule has 0 aliphatic heterocycles. The minimum atomic E-state index is -0.828. The second kappa shape index (κ2) is 6.25. The van der Waals surface area contributed by atoms with Gasteiger partial charge < -0.3 is 10.0 Å². The van der Waals surface area contributed by atoms with Crippen molar-refractivity contribution in [1.29, 1.82) is 0 Å². The second-order valence-corrected chi connectivity index (χ2v) is 4.29. The number of carboxylic acid groups (broad SMARTS) is 1. The molecule has 0 aliphatic rings. The molecule has 1 aromatic heterocycles. The van der Waals surface area contributed by atoms with Gasteiger partial charge in [-0.3, -0.25) is 4.79 Å². The van der Waals surface area contributed by atoms with Crippen molar-refractivity contribution in [3.63, 3.8) is 0 Å². The number of pyridine rings is 1. The van der Waals surface area contributed by atoms with E-state index in [9.17, 15) is 4.79 Å². The van der Waals surface area contributed by atoms with Crippen LogP contribution in [0.3, 0.4) is 0 Å². The van der Waals surface area contributed by atoms with Crippen molar-refractivity contribution in [2.24, 2.45) is 0 Å². The van der Waals surface area contributed by atoms with Crippen molar-refractivity contribution in [2.45, 2.75) is 13.3 Å². The van der Waals surface area contributed by atoms with Crippen LogP contribution >= 0.6 is 11.6 Å². The van der Waals surface area contributed by atoms with Gasteiger partial charge in [0.15, 0.2) is 0 Å². The molecule has 0 radical (unpaired) electrons. The van der Waals surface area contributed by atoms with E-state index in [1.807, 2.05) is 11.8 Å². The molecule has 5 heteroatoms. The zero-order valence-electron chi connectivity index (χ0n) is 9.69. The monoisotopic (exact) mass is 254 g/mol. The van der Waals surface area contributed by atoms with E-state index in [2.05, 4.69) is 11.6 Å². The fraction of sp³-hybridized carbons (Fsp3) is 0.333. The molecule has 1 heterocycles. The number of carbonyl (C=O) groups is 1. The Morgan fingerprint density at radius 3 is 2.76 bits per heavy atom. The van der Waals surface area contributed by atoms with Gasteiger partial charge in [-0.15, -0.1) is 0 Å². The molecular formula is C12H15ClN2O2. The number of aromatic nitrogens is 1. The van der Waals surface area contributed by atoms with Gasteiger partial charge in [0.2, 0.25) is 0 Å². The Kier molecular flexibility index (Phi) is 4.97. The number of hydrogen-bond acceptors (Lipinski definition) is 3. The van der Waals surface area contributed by atoms with E-state index in [1.54, 1.807) is 18.3 Å². The molecule has 0 fully saturated rings. The molecule has 0 unspecified atom stereocenters. The van der Waals surface area contributed by atoms with E-state index in [-0.39, 0.29) is 6.42 Å². The summed E-state index contributed by atoms with van der Waals surface area (Å²) in [5, 5.41) is 9.25. The smallest absolute Gasteiger partial charge is 0.305 e. The number of hydrogen-bond donors (Lipinski definition) is 1. The normalized spacial score (nSPS) is 10.0. The molecule has 0 spiro atoms. The summed E-state index contributed by atoms with van der Waals surface area (Å²) >= 11 is 5.76. The standard InChI is InChI=1S/C12H15ClN2O2/c1-9(2)8-15(6-5-12(16)17)11-4-3-10(13)7-14-11/h3-4,7H,1,5-6,8H2,2H3,(H,16,17). The Bertz CT molecular complexity index is 403. The van der Waals surface area contributed by atoms with E-state index in [4.69, 9.17) is 16.7 Å². The van der Waals surface area contributed by atoms with Gasteiger partial charge >= 0.3 is 5.97 Å². The van der Waals surface area contributed by atoms with Crippen molar-refractivity contribution < 1.29 is 9.90 Å². The summed E-state index contributed by atoms with van der Waals surface area (Å²) in [7, 11) is 0. The summed E-state index contributed by atoms with van der Waals surface area (Å²) in [6, 6.07) is 3.50. The Morgan fingerprint density at radius 2 is 2.29 bits per heavy atom. The van der Waals surface area contributed by atoms with Crippen molar-refractivity contribution in [1.82, 2.24) is 4.98 Å². The van der Waals surface area contributed by atoms with Crippen LogP contribution in [0.5, 0.6) is 0 Å². The number of rotatable bonds is 6. The molecule has 1 N–H and O–H groups in total. The summed E-state index contributed by atoms with van der Waals surface area (Å²) in [5.41, 5.74) is 0.951. The Morgan fingerprint density at radius 1 is 1.59 bits per heavy atom. The fourth-order valence-electron chi connectivity index (χ4n) is 1.39. The van der Waals surface area contributed by atoms with Gasteiger partial charge in [-0.25, -0.2) is 4.98 Å². The molecule has 0 saturated heterocycles. The van der Waals surface area contributed by atoms with Gasteiger partial charge in [-0.1, -0.05) is 23.8 Å². The number of nitrogens with zero attached hydrogens (tertiary/aromatic N) is 2. The summed E-state index contributed by atoms with van der Waals surface area (Å²) < 4.78 is 0. The van der Waals surface area contributed by atoms with E-state index in [1.165, 1.54) is 0 Å². The summed E-state index contributed by atoms with van der Waals surface area (Å²) in [4.78, 5) is 16.6. The molecule has 0 atom stereocenters. The van der Waals surface area contributed by atoms with E-state index in [0.29, 0.717) is 23.9 Å². The molecule has 0 aromatic carbocycles. The van der Waals surface area contributed by atoms with Gasteiger partial charge in [0.25, 0.3) is 0 Å². The highest BCUT2D eigenvalue weighted by atomic mass is 35.5. The number of anilines is 1. The Labute approximate surface area is 106 Å². The van der Waals surface area contributed by atoms with Crippen LogP contribution in [0.25, 0.3) is 0 Å². The third-order valence-corrected chi connectivity index (χ3v) is 2.32. The lowest BCUT2D eigenvalue weighted by atomic mass is 10.3. The number of aliphatic carboxylic acids is 1. The summed E-state index contributed by atoms with van der Waals surface area (Å²) in [6.07, 6.45) is 1.61. The van der Waals surface area contributed by atoms with Crippen LogP contribution in [0, 0.1) is 0 Å². The van der Waals surface area contributed by atoms with E-state index < -0.39 is 5.97 Å². The Balaban J connectivity index is 2.77. The minimum Gasteiger partial charge on any atom is -0.481 e. The van der Waals surface area contributed by atoms with Crippen LogP contribution in [0.4, 0.5) is 5.82 Å². The van der Waals surface area contributed by atoms with E-state index in [0.717, 1.165) is 5.57 Å². The SMILES string of the molecule is C=C(C)CN(CCC(=O)O)c1ccc(Cl)cn1. The van der Waals surface area contributed by atoms with Crippen LogP contribution in [0.1, 0.15) is 13.3 Å². The van der Waals surface area contributed by atoms with Crippen LogP contribution < -0.4 is 4.90 Å². The van der Waals surface area contributed by atoms with Crippen molar-refractivity contribution in [3.05, 3.63) is 35.5 Å². The molecule has 1 aromatic rings. The number of carboxylic acids is 1. The number of halogens is 1. The topological polar surface area (TPSA) is 53.4 Å². The molecule has 0 bridgehead atoms. The third kappa shape index (κ3) is 4.87. The molecule has 0 aliphatic carbocycles. The fourth-order valence-corrected chi connectivity index (χ4v) is 1.50. The highest BCUT2D eigenvalue weighted by Crippen LogP contribution is 2.15. The maximum Gasteiger partial charge on any atom is 0.305 e. The molecule has 0 saturated carbocycles. The first-order valence-corrected chi connectivity index (χ1v) is 5.59. The molecule has 4 nitrogen and oxygen atoms in total. The van der Waals surface area contributed by atoms with E-state index >= 15 is 0 Å². The van der Waals surface area contributed by atoms with Gasteiger partial charge in [0.1, 0.15) is 5.82 Å². The molecule has 17 heavy (non-hydrogen) atoms. The van der Waals surface area contributed by atoms with Gasteiger partial charge in [0, 0.05) is 19.3 Å². The average Bonchev–Trinajstić information content (AvgIpc) is 2.25. The van der Waals surface area contributed by atoms with Crippen molar-refractivity contribution in [2.75, 3.05) is 18.0 Å². The summed E-state index contributed by atoms with van der Waals surface area (Å²) in [5.74, 6) is -0.121. The van der Waals surface area contributed by atoms with Gasteiger partial charge in [0.05, 0.1) is 11.4 Å². The van der Waals surface area contributed by atoms with Gasteiger partial charge in [-0.2, -0.15) is 0 Å².